The first-order chi connectivity index (χ1) is 8.55. The molecule has 0 aromatic rings. The third-order valence-electron chi connectivity index (χ3n) is 1.46. The number of alkyl halides is 10. The molecule has 0 aliphatic heterocycles. The zero-order chi connectivity index (χ0) is 16.6. The van der Waals surface area contributed by atoms with Crippen molar-refractivity contribution in [3.8, 4) is 0 Å². The van der Waals surface area contributed by atoms with E-state index >= 15 is 0 Å². The van der Waals surface area contributed by atoms with Gasteiger partial charge in [0.05, 0.1) is 0 Å². The topological polar surface area (TPSA) is 24.7 Å². The highest BCUT2D eigenvalue weighted by Gasteiger charge is 2.64. The fraction of sp³-hybridized carbons (Fsp3) is 0.667. The second-order valence-electron chi connectivity index (χ2n) is 2.93. The van der Waals surface area contributed by atoms with Crippen molar-refractivity contribution in [2.24, 2.45) is 10.2 Å². The van der Waals surface area contributed by atoms with Crippen LogP contribution in [0.1, 0.15) is 0 Å². The van der Waals surface area contributed by atoms with Crippen LogP contribution in [0.3, 0.4) is 0 Å². The molecule has 0 N–H and O–H groups in total. The van der Waals surface area contributed by atoms with Crippen LogP contribution in [-0.2, 0) is 0 Å². The molecule has 0 aromatic carbocycles. The van der Waals surface area contributed by atoms with E-state index in [1.807, 2.05) is 0 Å². The minimum atomic E-state index is -6.57. The second-order valence-corrected chi connectivity index (χ2v) is 2.93. The van der Waals surface area contributed by atoms with Gasteiger partial charge in [-0.15, -0.1) is 10.2 Å². The van der Waals surface area contributed by atoms with E-state index in [4.69, 9.17) is 0 Å². The molecule has 0 radical (unpaired) electrons. The van der Waals surface area contributed by atoms with Gasteiger partial charge in [-0.05, 0) is 0 Å². The third-order valence-corrected chi connectivity index (χ3v) is 1.46. The molecule has 0 saturated heterocycles. The highest BCUT2D eigenvalue weighted by molar-refractivity contribution is 5.86. The van der Waals surface area contributed by atoms with Crippen LogP contribution < -0.4 is 0 Å². The normalized spacial score (nSPS) is 16.6. The van der Waals surface area contributed by atoms with E-state index in [1.165, 1.54) is 0 Å². The fourth-order valence-electron chi connectivity index (χ4n) is 0.447. The lowest BCUT2D eigenvalue weighted by Crippen LogP contribution is -2.43. The van der Waals surface area contributed by atoms with Crippen LogP contribution >= 0.6 is 0 Å². The lowest BCUT2D eigenvalue weighted by Gasteiger charge is -2.16. The molecule has 0 fully saturated rings. The van der Waals surface area contributed by atoms with Crippen molar-refractivity contribution < 1.29 is 52.7 Å². The highest BCUT2D eigenvalue weighted by atomic mass is 19.4. The summed E-state index contributed by atoms with van der Waals surface area (Å²) >= 11 is 0. The zero-order valence-electron chi connectivity index (χ0n) is 8.43. The van der Waals surface area contributed by atoms with Crippen LogP contribution in [-0.4, -0.2) is 36.1 Å². The number of rotatable bonds is 3. The molecule has 0 aliphatic rings. The van der Waals surface area contributed by atoms with Crippen LogP contribution in [0, 0.1) is 0 Å². The largest absolute Gasteiger partial charge is 0.462 e. The molecular formula is C6F12N2. The van der Waals surface area contributed by atoms with Crippen molar-refractivity contribution in [3.05, 3.63) is 0 Å². The van der Waals surface area contributed by atoms with Crippen molar-refractivity contribution in [2.45, 2.75) is 24.2 Å². The average molecular weight is 328 g/mol. The van der Waals surface area contributed by atoms with Crippen molar-refractivity contribution in [2.75, 3.05) is 0 Å². The Morgan fingerprint density at radius 3 is 0.850 bits per heavy atom. The summed E-state index contributed by atoms with van der Waals surface area (Å²) < 4.78 is 142. The average Bonchev–Trinajstić information content (AvgIpc) is 2.21. The molecule has 0 bridgehead atoms. The maximum Gasteiger partial charge on any atom is 0.462 e. The number of hydrogen-bond acceptors (Lipinski definition) is 2. The summed E-state index contributed by atoms with van der Waals surface area (Å²) in [6.45, 7) is 0. The Morgan fingerprint density at radius 1 is 0.500 bits per heavy atom. The highest BCUT2D eigenvalue weighted by Crippen LogP contribution is 2.38. The molecular weight excluding hydrogens is 328 g/mol. The molecule has 0 unspecified atom stereocenters. The number of nitrogens with zero attached hydrogens (tertiary/aromatic N) is 2. The molecule has 20 heavy (non-hydrogen) atoms. The van der Waals surface area contributed by atoms with Crippen molar-refractivity contribution in [1.82, 2.24) is 0 Å². The monoisotopic (exact) mass is 328 g/mol. The minimum Gasteiger partial charge on any atom is -0.186 e. The Kier molecular flexibility index (Phi) is 4.74. The smallest absolute Gasteiger partial charge is 0.186 e. The van der Waals surface area contributed by atoms with E-state index in [2.05, 4.69) is 0 Å². The molecule has 0 aliphatic carbocycles. The van der Waals surface area contributed by atoms with Gasteiger partial charge in [0.2, 0.25) is 0 Å². The van der Waals surface area contributed by atoms with Gasteiger partial charge in [-0.2, -0.15) is 52.7 Å². The first kappa shape index (κ1) is 18.5. The van der Waals surface area contributed by atoms with Crippen molar-refractivity contribution in [1.29, 1.82) is 0 Å². The van der Waals surface area contributed by atoms with Crippen LogP contribution in [0.25, 0.3) is 0 Å². The van der Waals surface area contributed by atoms with Crippen LogP contribution in [0.4, 0.5) is 52.7 Å². The fourth-order valence-corrected chi connectivity index (χ4v) is 0.447. The molecule has 0 spiro atoms. The summed E-state index contributed by atoms with van der Waals surface area (Å²) in [6, 6.07) is 0. The Labute approximate surface area is 100 Å². The molecule has 14 heteroatoms. The van der Waals surface area contributed by atoms with E-state index in [0.29, 0.717) is 0 Å². The van der Waals surface area contributed by atoms with Crippen LogP contribution in [0.15, 0.2) is 10.2 Å². The first-order valence-corrected chi connectivity index (χ1v) is 3.92. The summed E-state index contributed by atoms with van der Waals surface area (Å²) in [6.07, 6.45) is -13.1. The molecule has 0 amide bonds. The van der Waals surface area contributed by atoms with Gasteiger partial charge in [0.1, 0.15) is 0 Å². The Hall–Kier alpha value is -1.50. The van der Waals surface area contributed by atoms with Gasteiger partial charge >= 0.3 is 24.2 Å². The van der Waals surface area contributed by atoms with E-state index in [-0.39, 0.29) is 0 Å². The second kappa shape index (κ2) is 5.12. The molecule has 0 saturated carbocycles. The summed E-state index contributed by atoms with van der Waals surface area (Å²) in [5.74, 6) is -20.3. The van der Waals surface area contributed by atoms with E-state index in [0.717, 1.165) is 10.2 Å². The van der Waals surface area contributed by atoms with E-state index in [1.54, 1.807) is 0 Å². The molecule has 0 atom stereocenters. The number of halogens is 12. The van der Waals surface area contributed by atoms with Crippen molar-refractivity contribution in [3.63, 3.8) is 0 Å². The maximum atomic E-state index is 12.2. The van der Waals surface area contributed by atoms with Gasteiger partial charge in [0.15, 0.2) is 0 Å². The molecule has 2 nitrogen and oxygen atoms in total. The quantitative estimate of drug-likeness (QED) is 0.425. The predicted octanol–water partition coefficient (Wildman–Crippen LogP) is 4.03. The Bertz CT molecular complexity index is 373. The first-order valence-electron chi connectivity index (χ1n) is 3.92. The van der Waals surface area contributed by atoms with Crippen LogP contribution in [0.5, 0.6) is 0 Å². The van der Waals surface area contributed by atoms with Crippen molar-refractivity contribution >= 4 is 11.9 Å². The van der Waals surface area contributed by atoms with Gasteiger partial charge in [-0.1, -0.05) is 0 Å². The molecule has 0 heterocycles. The standard InChI is InChI=1S/C6F12N2/c7-1(3(9,10)5(13,14)15)19-20-2(8)4(11,12)6(16,17)18. The van der Waals surface area contributed by atoms with Gasteiger partial charge in [-0.3, -0.25) is 0 Å². The zero-order valence-corrected chi connectivity index (χ0v) is 8.43. The summed E-state index contributed by atoms with van der Waals surface area (Å²) in [5.41, 5.74) is 0. The summed E-state index contributed by atoms with van der Waals surface area (Å²) in [4.78, 5) is 0. The van der Waals surface area contributed by atoms with Gasteiger partial charge in [0, 0.05) is 0 Å². The van der Waals surface area contributed by atoms with Gasteiger partial charge in [0.25, 0.3) is 11.9 Å². The third kappa shape index (κ3) is 3.53. The Balaban J connectivity index is 5.45. The maximum absolute atomic E-state index is 12.2. The number of hydrogen-bond donors (Lipinski definition) is 0. The van der Waals surface area contributed by atoms with Gasteiger partial charge in [-0.25, -0.2) is 0 Å². The van der Waals surface area contributed by atoms with Gasteiger partial charge < -0.3 is 0 Å². The minimum absolute atomic E-state index is 1.05. The lowest BCUT2D eigenvalue weighted by atomic mass is 10.3. The lowest BCUT2D eigenvalue weighted by molar-refractivity contribution is -0.253. The SMILES string of the molecule is FC(=NN=C(F)C(F)(F)C(F)(F)F)C(F)(F)C(F)(F)F. The predicted molar refractivity (Wildman–Crippen MR) is 39.1 cm³/mol. The van der Waals surface area contributed by atoms with E-state index < -0.39 is 36.1 Å². The molecule has 0 aromatic heterocycles. The molecule has 0 rings (SSSR count). The summed E-state index contributed by atoms with van der Waals surface area (Å²) in [7, 11) is 0. The Morgan fingerprint density at radius 2 is 0.700 bits per heavy atom. The molecule has 118 valence electrons. The van der Waals surface area contributed by atoms with E-state index in [9.17, 15) is 52.7 Å². The summed E-state index contributed by atoms with van der Waals surface area (Å²) in [5, 5.41) is 2.11. The van der Waals surface area contributed by atoms with Crippen LogP contribution in [0.2, 0.25) is 0 Å².